The van der Waals surface area contributed by atoms with Crippen LogP contribution in [0.3, 0.4) is 0 Å². The summed E-state index contributed by atoms with van der Waals surface area (Å²) >= 11 is 2.11. The molecule has 0 atom stereocenters. The Labute approximate surface area is 177 Å². The molecule has 0 aliphatic carbocycles. The lowest BCUT2D eigenvalue weighted by atomic mass is 10.1. The number of carbonyl (C=O) groups excluding carboxylic acids is 2. The van der Waals surface area contributed by atoms with Gasteiger partial charge in [-0.3, -0.25) is 9.59 Å². The molecule has 3 rings (SSSR count). The van der Waals surface area contributed by atoms with Crippen LogP contribution in [0, 0.1) is 3.57 Å². The molecule has 1 fully saturated rings. The quantitative estimate of drug-likeness (QED) is 0.601. The molecule has 0 radical (unpaired) electrons. The van der Waals surface area contributed by atoms with Crippen molar-refractivity contribution >= 4 is 40.1 Å². The molecule has 1 saturated heterocycles. The summed E-state index contributed by atoms with van der Waals surface area (Å²) < 4.78 is 11.3. The van der Waals surface area contributed by atoms with E-state index < -0.39 is 0 Å². The van der Waals surface area contributed by atoms with Gasteiger partial charge in [-0.2, -0.15) is 0 Å². The molecule has 0 unspecified atom stereocenters. The summed E-state index contributed by atoms with van der Waals surface area (Å²) in [6.45, 7) is 2.22. The lowest BCUT2D eigenvalue weighted by Crippen LogP contribution is -2.47. The van der Waals surface area contributed by atoms with Gasteiger partial charge < -0.3 is 25.0 Å². The Morgan fingerprint density at radius 2 is 1.86 bits per heavy atom. The van der Waals surface area contributed by atoms with E-state index in [1.807, 2.05) is 29.2 Å². The Morgan fingerprint density at radius 3 is 2.50 bits per heavy atom. The van der Waals surface area contributed by atoms with Crippen LogP contribution in [0.5, 0.6) is 11.5 Å². The van der Waals surface area contributed by atoms with E-state index in [0.717, 1.165) is 21.4 Å². The number of anilines is 1. The maximum absolute atomic E-state index is 12.6. The summed E-state index contributed by atoms with van der Waals surface area (Å²) in [5.41, 5.74) is 2.52. The minimum absolute atomic E-state index is 0.0344. The van der Waals surface area contributed by atoms with Crippen LogP contribution in [0.1, 0.15) is 15.9 Å². The second-order valence-corrected chi connectivity index (χ2v) is 7.47. The Balaban J connectivity index is 1.64. The molecule has 2 aromatic rings. The first-order chi connectivity index (χ1) is 13.5. The van der Waals surface area contributed by atoms with Crippen LogP contribution in [0.4, 0.5) is 5.69 Å². The zero-order valence-electron chi connectivity index (χ0n) is 15.8. The molecule has 1 heterocycles. The minimum atomic E-state index is -0.179. The zero-order valence-corrected chi connectivity index (χ0v) is 17.9. The van der Waals surface area contributed by atoms with Gasteiger partial charge in [0.2, 0.25) is 5.91 Å². The average molecular weight is 495 g/mol. The van der Waals surface area contributed by atoms with Gasteiger partial charge in [-0.05, 0) is 52.4 Å². The second-order valence-electron chi connectivity index (χ2n) is 6.31. The first kappa shape index (κ1) is 20.2. The van der Waals surface area contributed by atoms with E-state index in [2.05, 4.69) is 33.2 Å². The molecular formula is C20H22IN3O4. The van der Waals surface area contributed by atoms with Crippen LogP contribution in [-0.2, 0) is 11.3 Å². The maximum Gasteiger partial charge on any atom is 0.252 e. The molecule has 8 heteroatoms. The molecule has 28 heavy (non-hydrogen) atoms. The highest BCUT2D eigenvalue weighted by molar-refractivity contribution is 14.1. The molecule has 1 aliphatic heterocycles. The van der Waals surface area contributed by atoms with Crippen LogP contribution in [-0.4, -0.2) is 45.7 Å². The van der Waals surface area contributed by atoms with E-state index in [1.165, 1.54) is 0 Å². The van der Waals surface area contributed by atoms with Crippen molar-refractivity contribution in [1.82, 2.24) is 10.6 Å². The van der Waals surface area contributed by atoms with E-state index in [4.69, 9.17) is 9.47 Å². The molecule has 2 aromatic carbocycles. The number of benzene rings is 2. The number of carbonyl (C=O) groups is 2. The van der Waals surface area contributed by atoms with Crippen LogP contribution in [0.15, 0.2) is 36.4 Å². The lowest BCUT2D eigenvalue weighted by molar-refractivity contribution is -0.120. The van der Waals surface area contributed by atoms with Gasteiger partial charge in [-0.15, -0.1) is 0 Å². The van der Waals surface area contributed by atoms with E-state index in [0.29, 0.717) is 36.7 Å². The maximum atomic E-state index is 12.6. The largest absolute Gasteiger partial charge is 0.493 e. The van der Waals surface area contributed by atoms with Gasteiger partial charge in [-0.1, -0.05) is 12.1 Å². The number of hydrogen-bond acceptors (Lipinski definition) is 5. The highest BCUT2D eigenvalue weighted by Gasteiger charge is 2.17. The smallest absolute Gasteiger partial charge is 0.252 e. The average Bonchev–Trinajstić information content (AvgIpc) is 2.72. The molecule has 0 bridgehead atoms. The molecule has 0 saturated carbocycles. The van der Waals surface area contributed by atoms with Gasteiger partial charge >= 0.3 is 0 Å². The summed E-state index contributed by atoms with van der Waals surface area (Å²) in [6.07, 6.45) is 0. The lowest BCUT2D eigenvalue weighted by Gasteiger charge is -2.28. The van der Waals surface area contributed by atoms with E-state index >= 15 is 0 Å². The topological polar surface area (TPSA) is 79.9 Å². The highest BCUT2D eigenvalue weighted by atomic mass is 127. The first-order valence-electron chi connectivity index (χ1n) is 8.82. The Kier molecular flexibility index (Phi) is 6.61. The molecular weight excluding hydrogens is 473 g/mol. The SMILES string of the molecule is COc1cc(I)c(C(=O)NCc2ccc(N3CCNC(=O)C3)cc2)cc1OC. The van der Waals surface area contributed by atoms with Crippen LogP contribution in [0.25, 0.3) is 0 Å². The number of piperazine rings is 1. The number of nitrogens with zero attached hydrogens (tertiary/aromatic N) is 1. The fourth-order valence-electron chi connectivity index (χ4n) is 2.99. The predicted octanol–water partition coefficient (Wildman–Crippen LogP) is 2.17. The summed E-state index contributed by atoms with van der Waals surface area (Å²) in [6, 6.07) is 11.3. The summed E-state index contributed by atoms with van der Waals surface area (Å²) in [5.74, 6) is 0.961. The van der Waals surface area contributed by atoms with Gasteiger partial charge in [0, 0.05) is 28.9 Å². The Hall–Kier alpha value is -2.49. The Morgan fingerprint density at radius 1 is 1.18 bits per heavy atom. The minimum Gasteiger partial charge on any atom is -0.493 e. The fourth-order valence-corrected chi connectivity index (χ4v) is 3.67. The van der Waals surface area contributed by atoms with Gasteiger partial charge in [-0.25, -0.2) is 0 Å². The third-order valence-corrected chi connectivity index (χ3v) is 5.40. The molecule has 2 N–H and O–H groups in total. The van der Waals surface area contributed by atoms with Crippen LogP contribution < -0.4 is 25.0 Å². The van der Waals surface area contributed by atoms with Crippen molar-refractivity contribution in [1.29, 1.82) is 0 Å². The van der Waals surface area contributed by atoms with Crippen LogP contribution >= 0.6 is 22.6 Å². The third-order valence-electron chi connectivity index (χ3n) is 4.51. The number of methoxy groups -OCH3 is 2. The van der Waals surface area contributed by atoms with E-state index in [1.54, 1.807) is 26.4 Å². The number of amides is 2. The van der Waals surface area contributed by atoms with E-state index in [9.17, 15) is 9.59 Å². The zero-order chi connectivity index (χ0) is 20.1. The molecule has 1 aliphatic rings. The van der Waals surface area contributed by atoms with E-state index in [-0.39, 0.29) is 11.8 Å². The molecule has 2 amide bonds. The fraction of sp³-hybridized carbons (Fsp3) is 0.300. The van der Waals surface area contributed by atoms with Gasteiger partial charge in [0.15, 0.2) is 11.5 Å². The number of hydrogen-bond donors (Lipinski definition) is 2. The predicted molar refractivity (Wildman–Crippen MR) is 115 cm³/mol. The Bertz CT molecular complexity index is 870. The van der Waals surface area contributed by atoms with Crippen molar-refractivity contribution in [3.63, 3.8) is 0 Å². The van der Waals surface area contributed by atoms with Gasteiger partial charge in [0.1, 0.15) is 0 Å². The van der Waals surface area contributed by atoms with Crippen molar-refractivity contribution in [2.24, 2.45) is 0 Å². The van der Waals surface area contributed by atoms with Gasteiger partial charge in [0.05, 0.1) is 26.3 Å². The number of nitrogens with one attached hydrogen (secondary N) is 2. The van der Waals surface area contributed by atoms with Crippen molar-refractivity contribution in [3.8, 4) is 11.5 Å². The first-order valence-corrected chi connectivity index (χ1v) is 9.90. The van der Waals surface area contributed by atoms with Crippen molar-refractivity contribution in [3.05, 3.63) is 51.1 Å². The summed E-state index contributed by atoms with van der Waals surface area (Å²) in [5, 5.41) is 5.75. The monoisotopic (exact) mass is 495 g/mol. The number of ether oxygens (including phenoxy) is 2. The summed E-state index contributed by atoms with van der Waals surface area (Å²) in [4.78, 5) is 26.1. The summed E-state index contributed by atoms with van der Waals surface area (Å²) in [7, 11) is 3.10. The molecule has 7 nitrogen and oxygen atoms in total. The third kappa shape index (κ3) is 4.67. The van der Waals surface area contributed by atoms with Crippen molar-refractivity contribution in [2.75, 3.05) is 38.8 Å². The highest BCUT2D eigenvalue weighted by Crippen LogP contribution is 2.31. The van der Waals surface area contributed by atoms with Crippen molar-refractivity contribution < 1.29 is 19.1 Å². The molecule has 148 valence electrons. The van der Waals surface area contributed by atoms with Gasteiger partial charge in [0.25, 0.3) is 5.91 Å². The van der Waals surface area contributed by atoms with Crippen LogP contribution in [0.2, 0.25) is 0 Å². The second kappa shape index (κ2) is 9.13. The molecule has 0 aromatic heterocycles. The standard InChI is InChI=1S/C20H22IN3O4/c1-27-17-9-15(16(21)10-18(17)28-2)20(26)23-11-13-3-5-14(6-4-13)24-8-7-22-19(25)12-24/h3-6,9-10H,7-8,11-12H2,1-2H3,(H,22,25)(H,23,26). The number of halogens is 1. The number of rotatable bonds is 6. The molecule has 0 spiro atoms. The van der Waals surface area contributed by atoms with Crippen molar-refractivity contribution in [2.45, 2.75) is 6.54 Å². The normalized spacial score (nSPS) is 13.7.